The number of benzene rings is 1. The van der Waals surface area contributed by atoms with Crippen LogP contribution in [0.2, 0.25) is 0 Å². The number of rotatable bonds is 7. The summed E-state index contributed by atoms with van der Waals surface area (Å²) in [6.07, 6.45) is 0. The van der Waals surface area contributed by atoms with Gasteiger partial charge in [-0.3, -0.25) is 4.79 Å². The zero-order valence-electron chi connectivity index (χ0n) is 15.3. The quantitative estimate of drug-likeness (QED) is 0.346. The predicted molar refractivity (Wildman–Crippen MR) is 96.5 cm³/mol. The Hall–Kier alpha value is -2.24. The van der Waals surface area contributed by atoms with E-state index in [0.717, 1.165) is 5.75 Å². The molecule has 1 rings (SSSR count). The minimum atomic E-state index is -0.500. The first-order valence-electron chi connectivity index (χ1n) is 8.23. The zero-order valence-corrected chi connectivity index (χ0v) is 15.3. The van der Waals surface area contributed by atoms with E-state index >= 15 is 0 Å². The maximum absolute atomic E-state index is 11.7. The largest absolute Gasteiger partial charge is 0.492 e. The van der Waals surface area contributed by atoms with Gasteiger partial charge in [0.2, 0.25) is 0 Å². The van der Waals surface area contributed by atoms with Crippen molar-refractivity contribution in [3.8, 4) is 5.75 Å². The first kappa shape index (κ1) is 19.8. The van der Waals surface area contributed by atoms with Crippen LogP contribution in [0.1, 0.15) is 33.3 Å². The summed E-state index contributed by atoms with van der Waals surface area (Å²) in [4.78, 5) is 15.9. The number of hydrogen-bond donors (Lipinski definition) is 2. The number of carbonyl (C=O) groups is 1. The van der Waals surface area contributed by atoms with Crippen LogP contribution in [-0.2, 0) is 9.53 Å². The molecule has 0 radical (unpaired) electrons. The van der Waals surface area contributed by atoms with Crippen molar-refractivity contribution in [3.63, 3.8) is 0 Å². The molecule has 0 aliphatic rings. The highest BCUT2D eigenvalue weighted by Gasteiger charge is 2.15. The molecule has 0 bridgehead atoms. The van der Waals surface area contributed by atoms with Crippen molar-refractivity contribution in [2.45, 2.75) is 40.2 Å². The van der Waals surface area contributed by atoms with Gasteiger partial charge in [0, 0.05) is 6.54 Å². The molecule has 0 saturated carbocycles. The van der Waals surface area contributed by atoms with E-state index in [1.54, 1.807) is 0 Å². The van der Waals surface area contributed by atoms with Crippen molar-refractivity contribution in [3.05, 3.63) is 29.8 Å². The molecule has 0 aliphatic carbocycles. The van der Waals surface area contributed by atoms with Gasteiger partial charge in [0.05, 0.1) is 6.54 Å². The fourth-order valence-corrected chi connectivity index (χ4v) is 1.83. The molecule has 0 atom stereocenters. The van der Waals surface area contributed by atoms with Crippen molar-refractivity contribution < 1.29 is 14.3 Å². The number of esters is 1. The van der Waals surface area contributed by atoms with E-state index in [4.69, 9.17) is 9.47 Å². The van der Waals surface area contributed by atoms with E-state index in [2.05, 4.69) is 15.6 Å². The molecule has 1 aromatic carbocycles. The van der Waals surface area contributed by atoms with Crippen LogP contribution >= 0.6 is 0 Å². The average Bonchev–Trinajstić information content (AvgIpc) is 2.49. The van der Waals surface area contributed by atoms with Crippen LogP contribution < -0.4 is 15.4 Å². The molecule has 0 saturated heterocycles. The zero-order chi connectivity index (χ0) is 18.0. The van der Waals surface area contributed by atoms with Crippen molar-refractivity contribution in [2.75, 3.05) is 26.2 Å². The molecule has 0 aromatic heterocycles. The number of nitrogens with zero attached hydrogens (tertiary/aromatic N) is 1. The summed E-state index contributed by atoms with van der Waals surface area (Å²) in [5, 5.41) is 6.21. The maximum Gasteiger partial charge on any atom is 0.328 e. The van der Waals surface area contributed by atoms with Crippen LogP contribution in [0.5, 0.6) is 5.75 Å². The molecular formula is C18H29N3O3. The monoisotopic (exact) mass is 335 g/mol. The molecule has 134 valence electrons. The van der Waals surface area contributed by atoms with Crippen molar-refractivity contribution in [1.29, 1.82) is 0 Å². The van der Waals surface area contributed by atoms with Gasteiger partial charge >= 0.3 is 5.97 Å². The SMILES string of the molecule is CCNC(=NCC(=O)OC(C)(C)C)NCCOc1ccc(C)cc1. The summed E-state index contributed by atoms with van der Waals surface area (Å²) in [6.45, 7) is 11.3. The lowest BCUT2D eigenvalue weighted by Gasteiger charge is -2.19. The maximum atomic E-state index is 11.7. The van der Waals surface area contributed by atoms with E-state index in [0.29, 0.717) is 25.7 Å². The second-order valence-electron chi connectivity index (χ2n) is 6.37. The number of aliphatic imine (C=N–C) groups is 1. The Morgan fingerprint density at radius 1 is 1.17 bits per heavy atom. The molecule has 0 fully saturated rings. The Morgan fingerprint density at radius 3 is 2.42 bits per heavy atom. The fraction of sp³-hybridized carbons (Fsp3) is 0.556. The third-order valence-corrected chi connectivity index (χ3v) is 2.81. The third-order valence-electron chi connectivity index (χ3n) is 2.81. The van der Waals surface area contributed by atoms with E-state index in [9.17, 15) is 4.79 Å². The van der Waals surface area contributed by atoms with Crippen molar-refractivity contribution >= 4 is 11.9 Å². The minimum absolute atomic E-state index is 0.0224. The molecule has 0 heterocycles. The molecule has 6 nitrogen and oxygen atoms in total. The second kappa shape index (κ2) is 9.80. The summed E-state index contributed by atoms with van der Waals surface area (Å²) in [7, 11) is 0. The summed E-state index contributed by atoms with van der Waals surface area (Å²) in [6, 6.07) is 7.90. The van der Waals surface area contributed by atoms with Crippen LogP contribution in [-0.4, -0.2) is 43.8 Å². The topological polar surface area (TPSA) is 72.0 Å². The third kappa shape index (κ3) is 9.02. The van der Waals surface area contributed by atoms with Crippen molar-refractivity contribution in [1.82, 2.24) is 10.6 Å². The van der Waals surface area contributed by atoms with Crippen LogP contribution in [0.25, 0.3) is 0 Å². The second-order valence-corrected chi connectivity index (χ2v) is 6.37. The van der Waals surface area contributed by atoms with Gasteiger partial charge in [-0.15, -0.1) is 0 Å². The summed E-state index contributed by atoms with van der Waals surface area (Å²) < 4.78 is 10.9. The van der Waals surface area contributed by atoms with Crippen LogP contribution in [0.4, 0.5) is 0 Å². The van der Waals surface area contributed by atoms with Gasteiger partial charge in [-0.25, -0.2) is 4.99 Å². The van der Waals surface area contributed by atoms with Gasteiger partial charge in [-0.2, -0.15) is 0 Å². The number of ether oxygens (including phenoxy) is 2. The highest BCUT2D eigenvalue weighted by Crippen LogP contribution is 2.10. The Morgan fingerprint density at radius 2 is 1.83 bits per heavy atom. The van der Waals surface area contributed by atoms with Crippen LogP contribution in [0.3, 0.4) is 0 Å². The first-order chi connectivity index (χ1) is 11.3. The number of hydrogen-bond acceptors (Lipinski definition) is 4. The summed E-state index contributed by atoms with van der Waals surface area (Å²) in [5.41, 5.74) is 0.699. The number of nitrogens with one attached hydrogen (secondary N) is 2. The van der Waals surface area contributed by atoms with Crippen molar-refractivity contribution in [2.24, 2.45) is 4.99 Å². The van der Waals surface area contributed by atoms with Gasteiger partial charge in [-0.05, 0) is 46.8 Å². The van der Waals surface area contributed by atoms with Gasteiger partial charge in [0.15, 0.2) is 5.96 Å². The standard InChI is InChI=1S/C18H29N3O3/c1-6-19-17(21-13-16(22)24-18(3,4)5)20-11-12-23-15-9-7-14(2)8-10-15/h7-10H,6,11-13H2,1-5H3,(H2,19,20,21). The lowest BCUT2D eigenvalue weighted by molar-refractivity contribution is -0.152. The number of aryl methyl sites for hydroxylation is 1. The molecule has 0 unspecified atom stereocenters. The fourth-order valence-electron chi connectivity index (χ4n) is 1.83. The van der Waals surface area contributed by atoms with E-state index < -0.39 is 5.60 Å². The lowest BCUT2D eigenvalue weighted by atomic mass is 10.2. The van der Waals surface area contributed by atoms with Gasteiger partial charge in [0.1, 0.15) is 24.5 Å². The molecule has 6 heteroatoms. The molecule has 0 aliphatic heterocycles. The number of guanidine groups is 1. The Bertz CT molecular complexity index is 533. The summed E-state index contributed by atoms with van der Waals surface area (Å²) >= 11 is 0. The molecule has 1 aromatic rings. The van der Waals surface area contributed by atoms with Crippen LogP contribution in [0, 0.1) is 6.92 Å². The molecular weight excluding hydrogens is 306 g/mol. The van der Waals surface area contributed by atoms with E-state index in [-0.39, 0.29) is 12.5 Å². The highest BCUT2D eigenvalue weighted by atomic mass is 16.6. The molecule has 0 spiro atoms. The Labute approximate surface area is 144 Å². The summed E-state index contributed by atoms with van der Waals surface area (Å²) in [5.74, 6) is 1.05. The Kier molecular flexibility index (Phi) is 8.09. The first-order valence-corrected chi connectivity index (χ1v) is 8.23. The van der Waals surface area contributed by atoms with Crippen LogP contribution in [0.15, 0.2) is 29.3 Å². The molecule has 0 amide bonds. The lowest BCUT2D eigenvalue weighted by Crippen LogP contribution is -2.40. The van der Waals surface area contributed by atoms with E-state index in [1.807, 2.05) is 58.9 Å². The normalized spacial score (nSPS) is 11.8. The minimum Gasteiger partial charge on any atom is -0.492 e. The molecule has 2 N–H and O–H groups in total. The molecule has 24 heavy (non-hydrogen) atoms. The Balaban J connectivity index is 2.37. The van der Waals surface area contributed by atoms with Gasteiger partial charge in [-0.1, -0.05) is 17.7 Å². The highest BCUT2D eigenvalue weighted by molar-refractivity contribution is 5.83. The smallest absolute Gasteiger partial charge is 0.328 e. The predicted octanol–water partition coefficient (Wildman–Crippen LogP) is 2.27. The van der Waals surface area contributed by atoms with E-state index in [1.165, 1.54) is 5.56 Å². The average molecular weight is 335 g/mol. The number of carbonyl (C=O) groups excluding carboxylic acids is 1. The van der Waals surface area contributed by atoms with Gasteiger partial charge in [0.25, 0.3) is 0 Å². The van der Waals surface area contributed by atoms with Gasteiger partial charge < -0.3 is 20.1 Å².